The van der Waals surface area contributed by atoms with Crippen molar-refractivity contribution in [1.82, 2.24) is 0 Å². The van der Waals surface area contributed by atoms with E-state index in [9.17, 15) is 9.90 Å². The van der Waals surface area contributed by atoms with Gasteiger partial charge in [-0.1, -0.05) is 6.92 Å². The molecule has 2 nitrogen and oxygen atoms in total. The molecule has 0 saturated heterocycles. The fourth-order valence-corrected chi connectivity index (χ4v) is 1.50. The summed E-state index contributed by atoms with van der Waals surface area (Å²) in [5.74, 6) is 0.0159. The summed E-state index contributed by atoms with van der Waals surface area (Å²) in [7, 11) is 0. The molecule has 0 saturated carbocycles. The average Bonchev–Trinajstić information content (AvgIpc) is 2.09. The quantitative estimate of drug-likeness (QED) is 0.791. The molecule has 0 aliphatic heterocycles. The van der Waals surface area contributed by atoms with Gasteiger partial charge in [0.05, 0.1) is 10.0 Å². The summed E-state index contributed by atoms with van der Waals surface area (Å²) >= 11 is 3.17. The SMILES string of the molecule is CCc1cc(Br)c(O)c(C=O)c1. The Bertz CT molecular complexity index is 308. The number of hydrogen-bond acceptors (Lipinski definition) is 2. The number of carbonyl (C=O) groups is 1. The topological polar surface area (TPSA) is 37.3 Å². The van der Waals surface area contributed by atoms with Gasteiger partial charge < -0.3 is 5.11 Å². The van der Waals surface area contributed by atoms with Gasteiger partial charge in [0.2, 0.25) is 0 Å². The number of benzene rings is 1. The molecular formula is C9H9BrO2. The molecule has 3 heteroatoms. The molecule has 0 aliphatic carbocycles. The third-order valence-electron chi connectivity index (χ3n) is 1.69. The zero-order valence-electron chi connectivity index (χ0n) is 6.67. The van der Waals surface area contributed by atoms with Gasteiger partial charge >= 0.3 is 0 Å². The zero-order valence-corrected chi connectivity index (χ0v) is 8.26. The first-order valence-electron chi connectivity index (χ1n) is 3.65. The van der Waals surface area contributed by atoms with Gasteiger partial charge in [-0.3, -0.25) is 4.79 Å². The van der Waals surface area contributed by atoms with E-state index in [1.165, 1.54) is 0 Å². The van der Waals surface area contributed by atoms with E-state index < -0.39 is 0 Å². The van der Waals surface area contributed by atoms with Crippen molar-refractivity contribution >= 4 is 22.2 Å². The summed E-state index contributed by atoms with van der Waals surface area (Å²) in [5.41, 5.74) is 1.36. The molecule has 0 amide bonds. The lowest BCUT2D eigenvalue weighted by atomic mass is 10.1. The zero-order chi connectivity index (χ0) is 9.14. The predicted molar refractivity (Wildman–Crippen MR) is 50.6 cm³/mol. The van der Waals surface area contributed by atoms with E-state index in [2.05, 4.69) is 15.9 Å². The molecule has 0 aromatic heterocycles. The van der Waals surface area contributed by atoms with Crippen LogP contribution in [0.15, 0.2) is 16.6 Å². The average molecular weight is 229 g/mol. The van der Waals surface area contributed by atoms with Crippen molar-refractivity contribution < 1.29 is 9.90 Å². The first kappa shape index (κ1) is 9.26. The van der Waals surface area contributed by atoms with Gasteiger partial charge in [-0.05, 0) is 40.0 Å². The number of hydrogen-bond donors (Lipinski definition) is 1. The van der Waals surface area contributed by atoms with Gasteiger partial charge in [-0.25, -0.2) is 0 Å². The van der Waals surface area contributed by atoms with E-state index in [0.29, 0.717) is 16.3 Å². The second-order valence-corrected chi connectivity index (χ2v) is 3.34. The molecule has 0 bridgehead atoms. The Morgan fingerprint density at radius 3 is 2.75 bits per heavy atom. The molecule has 0 atom stereocenters. The van der Waals surface area contributed by atoms with Gasteiger partial charge in [0, 0.05) is 0 Å². The molecular weight excluding hydrogens is 220 g/mol. The first-order valence-corrected chi connectivity index (χ1v) is 4.45. The fraction of sp³-hybridized carbons (Fsp3) is 0.222. The Kier molecular flexibility index (Phi) is 2.87. The number of aryl methyl sites for hydroxylation is 1. The highest BCUT2D eigenvalue weighted by Gasteiger charge is 2.05. The molecule has 1 N–H and O–H groups in total. The Morgan fingerprint density at radius 2 is 2.25 bits per heavy atom. The van der Waals surface area contributed by atoms with Crippen LogP contribution < -0.4 is 0 Å². The van der Waals surface area contributed by atoms with E-state index in [-0.39, 0.29) is 5.75 Å². The maximum absolute atomic E-state index is 10.5. The monoisotopic (exact) mass is 228 g/mol. The summed E-state index contributed by atoms with van der Waals surface area (Å²) in [6.07, 6.45) is 1.50. The smallest absolute Gasteiger partial charge is 0.153 e. The number of aldehydes is 1. The Hall–Kier alpha value is -0.830. The molecule has 12 heavy (non-hydrogen) atoms. The van der Waals surface area contributed by atoms with Crippen LogP contribution in [-0.2, 0) is 6.42 Å². The van der Waals surface area contributed by atoms with Gasteiger partial charge in [0.1, 0.15) is 5.75 Å². The van der Waals surface area contributed by atoms with E-state index in [0.717, 1.165) is 12.0 Å². The number of phenolic OH excluding ortho intramolecular Hbond substituents is 1. The molecule has 0 heterocycles. The van der Waals surface area contributed by atoms with Crippen molar-refractivity contribution in [3.05, 3.63) is 27.7 Å². The van der Waals surface area contributed by atoms with E-state index >= 15 is 0 Å². The van der Waals surface area contributed by atoms with Gasteiger partial charge in [0.25, 0.3) is 0 Å². The molecule has 0 fully saturated rings. The van der Waals surface area contributed by atoms with Crippen LogP contribution in [0, 0.1) is 0 Å². The molecule has 0 radical (unpaired) electrons. The predicted octanol–water partition coefficient (Wildman–Crippen LogP) is 2.53. The lowest BCUT2D eigenvalue weighted by molar-refractivity contribution is 0.112. The summed E-state index contributed by atoms with van der Waals surface area (Å²) < 4.78 is 0.573. The summed E-state index contributed by atoms with van der Waals surface area (Å²) in [6.45, 7) is 1.99. The van der Waals surface area contributed by atoms with Crippen LogP contribution in [0.4, 0.5) is 0 Å². The second-order valence-electron chi connectivity index (χ2n) is 2.49. The van der Waals surface area contributed by atoms with Crippen LogP contribution in [0.2, 0.25) is 0 Å². The van der Waals surface area contributed by atoms with Crippen LogP contribution in [0.1, 0.15) is 22.8 Å². The van der Waals surface area contributed by atoms with Crippen molar-refractivity contribution in [3.63, 3.8) is 0 Å². The van der Waals surface area contributed by atoms with E-state index in [1.54, 1.807) is 6.07 Å². The van der Waals surface area contributed by atoms with Gasteiger partial charge in [-0.2, -0.15) is 0 Å². The summed E-state index contributed by atoms with van der Waals surface area (Å²) in [6, 6.07) is 3.50. The van der Waals surface area contributed by atoms with Crippen LogP contribution >= 0.6 is 15.9 Å². The molecule has 0 spiro atoms. The van der Waals surface area contributed by atoms with Crippen LogP contribution in [0.3, 0.4) is 0 Å². The fourth-order valence-electron chi connectivity index (χ4n) is 0.973. The van der Waals surface area contributed by atoms with Crippen molar-refractivity contribution in [2.45, 2.75) is 13.3 Å². The number of halogens is 1. The lowest BCUT2D eigenvalue weighted by Gasteiger charge is -2.03. The Balaban J connectivity index is 3.28. The molecule has 0 unspecified atom stereocenters. The highest BCUT2D eigenvalue weighted by molar-refractivity contribution is 9.10. The van der Waals surface area contributed by atoms with Crippen LogP contribution in [-0.4, -0.2) is 11.4 Å². The van der Waals surface area contributed by atoms with Crippen molar-refractivity contribution in [2.75, 3.05) is 0 Å². The number of phenols is 1. The van der Waals surface area contributed by atoms with E-state index in [1.807, 2.05) is 13.0 Å². The maximum atomic E-state index is 10.5. The standard InChI is InChI=1S/C9H9BrO2/c1-2-6-3-7(5-11)9(12)8(10)4-6/h3-5,12H,2H2,1H3. The molecule has 1 aromatic rings. The van der Waals surface area contributed by atoms with E-state index in [4.69, 9.17) is 0 Å². The third-order valence-corrected chi connectivity index (χ3v) is 2.29. The Morgan fingerprint density at radius 1 is 1.58 bits per heavy atom. The normalized spacial score (nSPS) is 9.83. The van der Waals surface area contributed by atoms with Crippen LogP contribution in [0.5, 0.6) is 5.75 Å². The van der Waals surface area contributed by atoms with Gasteiger partial charge in [-0.15, -0.1) is 0 Å². The molecule has 1 aromatic carbocycles. The maximum Gasteiger partial charge on any atom is 0.153 e. The van der Waals surface area contributed by atoms with Crippen molar-refractivity contribution in [1.29, 1.82) is 0 Å². The minimum Gasteiger partial charge on any atom is -0.506 e. The lowest BCUT2D eigenvalue weighted by Crippen LogP contribution is -1.87. The number of aromatic hydroxyl groups is 1. The highest BCUT2D eigenvalue weighted by Crippen LogP contribution is 2.28. The summed E-state index contributed by atoms with van der Waals surface area (Å²) in [4.78, 5) is 10.5. The molecule has 64 valence electrons. The highest BCUT2D eigenvalue weighted by atomic mass is 79.9. The van der Waals surface area contributed by atoms with Crippen molar-refractivity contribution in [2.24, 2.45) is 0 Å². The Labute approximate surface area is 79.3 Å². The van der Waals surface area contributed by atoms with Crippen molar-refractivity contribution in [3.8, 4) is 5.75 Å². The minimum absolute atomic E-state index is 0.0159. The van der Waals surface area contributed by atoms with Crippen LogP contribution in [0.25, 0.3) is 0 Å². The molecule has 1 rings (SSSR count). The number of rotatable bonds is 2. The molecule has 0 aliphatic rings. The first-order chi connectivity index (χ1) is 5.69. The van der Waals surface area contributed by atoms with Gasteiger partial charge in [0.15, 0.2) is 6.29 Å². The third kappa shape index (κ3) is 1.67. The summed E-state index contributed by atoms with van der Waals surface area (Å²) in [5, 5.41) is 9.34. The largest absolute Gasteiger partial charge is 0.506 e. The second kappa shape index (κ2) is 3.72. The number of carbonyl (C=O) groups excluding carboxylic acids is 1. The minimum atomic E-state index is 0.0159.